The zero-order valence-electron chi connectivity index (χ0n) is 4.52. The maximum Gasteiger partial charge on any atom is 0.0652 e. The van der Waals surface area contributed by atoms with E-state index in [-0.39, 0.29) is 34.0 Å². The molecule has 3 heteroatoms. The van der Waals surface area contributed by atoms with Gasteiger partial charge in [-0.1, -0.05) is 26.1 Å². The van der Waals surface area contributed by atoms with Gasteiger partial charge in [0.05, 0.1) is 7.85 Å². The average molecular weight is 230 g/mol. The first-order chi connectivity index (χ1) is 2.41. The van der Waals surface area contributed by atoms with Crippen molar-refractivity contribution in [3.8, 4) is 0 Å². The van der Waals surface area contributed by atoms with Gasteiger partial charge in [0.1, 0.15) is 0 Å². The molecule has 0 amide bonds. The van der Waals surface area contributed by atoms with Gasteiger partial charge in [0.25, 0.3) is 0 Å². The molecule has 0 fully saturated rings. The molecule has 0 N–H and O–H groups in total. The maximum absolute atomic E-state index is 5.14. The third kappa shape index (κ3) is 19.4. The van der Waals surface area contributed by atoms with Crippen molar-refractivity contribution >= 4 is 41.8 Å². The van der Waals surface area contributed by atoms with E-state index in [1.54, 1.807) is 0 Å². The second kappa shape index (κ2) is 15.7. The topological polar surface area (TPSA) is 0 Å². The number of hydrogen-bond acceptors (Lipinski definition) is 0. The Morgan fingerprint density at radius 1 is 1.29 bits per heavy atom. The quantitative estimate of drug-likeness (QED) is 0.639. The van der Waals surface area contributed by atoms with Gasteiger partial charge in [0.15, 0.2) is 0 Å². The smallest absolute Gasteiger partial charge is 0.0652 e. The summed E-state index contributed by atoms with van der Waals surface area (Å²) in [6.07, 6.45) is 3.23. The molecule has 0 aliphatic heterocycles. The molecule has 7 heavy (non-hydrogen) atoms. The first-order valence-corrected chi connectivity index (χ1v) is 2.12. The summed E-state index contributed by atoms with van der Waals surface area (Å²) >= 11 is 0. The van der Waals surface area contributed by atoms with Gasteiger partial charge in [-0.15, -0.1) is 34.0 Å². The van der Waals surface area contributed by atoms with E-state index in [2.05, 4.69) is 6.92 Å². The summed E-state index contributed by atoms with van der Waals surface area (Å²) in [6.45, 7) is 2.13. The molecule has 0 heterocycles. The summed E-state index contributed by atoms with van der Waals surface area (Å²) in [5.74, 6) is 0. The number of unbranched alkanes of at least 4 members (excludes halogenated alkanes) is 1. The van der Waals surface area contributed by atoms with Crippen LogP contribution < -0.4 is 0 Å². The summed E-state index contributed by atoms with van der Waals surface area (Å²) in [5.41, 5.74) is 0. The molecule has 0 bridgehead atoms. The molecule has 0 aromatic carbocycles. The van der Waals surface area contributed by atoms with E-state index in [1.165, 1.54) is 12.8 Å². The molecule has 0 aliphatic rings. The van der Waals surface area contributed by atoms with Crippen molar-refractivity contribution in [2.45, 2.75) is 26.1 Å². The van der Waals surface area contributed by atoms with Crippen LogP contribution in [0.25, 0.3) is 0 Å². The van der Waals surface area contributed by atoms with Crippen molar-refractivity contribution in [3.05, 3.63) is 0 Å². The van der Waals surface area contributed by atoms with Gasteiger partial charge >= 0.3 is 0 Å². The summed E-state index contributed by atoms with van der Waals surface area (Å²) in [7, 11) is 5.14. The lowest BCUT2D eigenvalue weighted by molar-refractivity contribution is 0.884. The van der Waals surface area contributed by atoms with E-state index >= 15 is 0 Å². The van der Waals surface area contributed by atoms with Crippen LogP contribution in [0.2, 0.25) is 6.32 Å². The first-order valence-electron chi connectivity index (χ1n) is 2.12. The van der Waals surface area contributed by atoms with Crippen LogP contribution in [0, 0.1) is 0 Å². The van der Waals surface area contributed by atoms with Crippen LogP contribution in [-0.4, -0.2) is 7.85 Å². The Balaban J connectivity index is -0.0000000800. The van der Waals surface area contributed by atoms with Gasteiger partial charge in [-0.25, -0.2) is 0 Å². The summed E-state index contributed by atoms with van der Waals surface area (Å²) in [4.78, 5) is 0. The van der Waals surface area contributed by atoms with Crippen LogP contribution in [0.3, 0.4) is 0 Å². The molecule has 0 aliphatic carbocycles. The molecule has 0 saturated heterocycles. The SMILES string of the molecule is Br.Br.[B]CCCC. The average Bonchev–Trinajstić information content (AvgIpc) is 1.41. The Morgan fingerprint density at radius 3 is 1.71 bits per heavy atom. The Labute approximate surface area is 68.0 Å². The monoisotopic (exact) mass is 228 g/mol. The molecular formula is C4H11BBr2. The minimum Gasteiger partial charge on any atom is -0.114 e. The van der Waals surface area contributed by atoms with E-state index in [0.717, 1.165) is 6.32 Å². The molecule has 0 aromatic rings. The number of rotatable bonds is 2. The maximum atomic E-state index is 5.14. The molecule has 0 nitrogen and oxygen atoms in total. The van der Waals surface area contributed by atoms with Gasteiger partial charge < -0.3 is 0 Å². The lowest BCUT2D eigenvalue weighted by atomic mass is 10.0. The molecule has 44 valence electrons. The van der Waals surface area contributed by atoms with E-state index in [0.29, 0.717) is 0 Å². The zero-order chi connectivity index (χ0) is 4.12. The third-order valence-electron chi connectivity index (χ3n) is 0.558. The zero-order valence-corrected chi connectivity index (χ0v) is 7.94. The van der Waals surface area contributed by atoms with Gasteiger partial charge in [-0.05, 0) is 0 Å². The van der Waals surface area contributed by atoms with Crippen LogP contribution in [0.1, 0.15) is 19.8 Å². The lowest BCUT2D eigenvalue weighted by Gasteiger charge is -1.79. The van der Waals surface area contributed by atoms with Gasteiger partial charge in [0.2, 0.25) is 0 Å². The summed E-state index contributed by atoms with van der Waals surface area (Å²) in [6, 6.07) is 0. The van der Waals surface area contributed by atoms with E-state index in [4.69, 9.17) is 7.85 Å². The highest BCUT2D eigenvalue weighted by Gasteiger charge is 1.68. The van der Waals surface area contributed by atoms with Crippen LogP contribution in [0.4, 0.5) is 0 Å². The molecule has 2 radical (unpaired) electrons. The standard InChI is InChI=1S/C4H9B.2BrH/c1-2-3-4-5;;/h2-4H2,1H3;2*1H. The highest BCUT2D eigenvalue weighted by Crippen LogP contribution is 1.86. The van der Waals surface area contributed by atoms with Crippen LogP contribution >= 0.6 is 34.0 Å². The van der Waals surface area contributed by atoms with Crippen molar-refractivity contribution in [1.29, 1.82) is 0 Å². The molecule has 0 spiro atoms. The van der Waals surface area contributed by atoms with Crippen LogP contribution in [-0.2, 0) is 0 Å². The van der Waals surface area contributed by atoms with Crippen molar-refractivity contribution in [1.82, 2.24) is 0 Å². The number of halogens is 2. The minimum absolute atomic E-state index is 0. The highest BCUT2D eigenvalue weighted by atomic mass is 79.9. The normalized spacial score (nSPS) is 5.86. The van der Waals surface area contributed by atoms with Crippen molar-refractivity contribution in [2.24, 2.45) is 0 Å². The molecular weight excluding hydrogens is 219 g/mol. The fraction of sp³-hybridized carbons (Fsp3) is 1.00. The Morgan fingerprint density at radius 2 is 1.71 bits per heavy atom. The van der Waals surface area contributed by atoms with Gasteiger partial charge in [-0.3, -0.25) is 0 Å². The third-order valence-corrected chi connectivity index (χ3v) is 0.558. The first kappa shape index (κ1) is 15.7. The minimum atomic E-state index is 0. The molecule has 0 rings (SSSR count). The van der Waals surface area contributed by atoms with Crippen molar-refractivity contribution in [3.63, 3.8) is 0 Å². The molecule has 0 aromatic heterocycles. The van der Waals surface area contributed by atoms with Gasteiger partial charge in [-0.2, -0.15) is 0 Å². The molecule has 0 saturated carbocycles. The molecule has 0 unspecified atom stereocenters. The van der Waals surface area contributed by atoms with Gasteiger partial charge in [0, 0.05) is 0 Å². The largest absolute Gasteiger partial charge is 0.114 e. The Kier molecular flexibility index (Phi) is 35.3. The second-order valence-electron chi connectivity index (χ2n) is 1.14. The van der Waals surface area contributed by atoms with E-state index < -0.39 is 0 Å². The predicted octanol–water partition coefficient (Wildman–Crippen LogP) is 2.53. The van der Waals surface area contributed by atoms with Crippen LogP contribution in [0.5, 0.6) is 0 Å². The Bertz CT molecular complexity index is 17.2. The fourth-order valence-corrected chi connectivity index (χ4v) is 0.204. The fourth-order valence-electron chi connectivity index (χ4n) is 0.204. The van der Waals surface area contributed by atoms with E-state index in [1.807, 2.05) is 0 Å². The molecule has 0 atom stereocenters. The van der Waals surface area contributed by atoms with E-state index in [9.17, 15) is 0 Å². The lowest BCUT2D eigenvalue weighted by Crippen LogP contribution is -1.63. The second-order valence-corrected chi connectivity index (χ2v) is 1.14. The van der Waals surface area contributed by atoms with Crippen LogP contribution in [0.15, 0.2) is 0 Å². The van der Waals surface area contributed by atoms with Crippen molar-refractivity contribution < 1.29 is 0 Å². The predicted molar refractivity (Wildman–Crippen MR) is 46.1 cm³/mol. The summed E-state index contributed by atoms with van der Waals surface area (Å²) in [5, 5.41) is 0. The summed E-state index contributed by atoms with van der Waals surface area (Å²) < 4.78 is 0. The van der Waals surface area contributed by atoms with Crippen molar-refractivity contribution in [2.75, 3.05) is 0 Å². The highest BCUT2D eigenvalue weighted by molar-refractivity contribution is 8.93. The number of hydrogen-bond donors (Lipinski definition) is 0. The Hall–Kier alpha value is 1.02.